The lowest BCUT2D eigenvalue weighted by molar-refractivity contribution is 0.0685. The number of hydrogen-bond acceptors (Lipinski definition) is 12. The van der Waals surface area contributed by atoms with Crippen LogP contribution < -0.4 is 9.47 Å². The van der Waals surface area contributed by atoms with Gasteiger partial charge in [-0.3, -0.25) is 0 Å². The molecule has 11 aromatic rings. The van der Waals surface area contributed by atoms with E-state index in [1.165, 1.54) is 50.6 Å². The molecule has 326 valence electrons. The predicted molar refractivity (Wildman–Crippen MR) is 254 cm³/mol. The summed E-state index contributed by atoms with van der Waals surface area (Å²) in [6.07, 6.45) is 0. The number of carboxylic acid groups (broad SMARTS) is 2. The molecular formula is C52H40N6O8. The maximum absolute atomic E-state index is 10.4. The lowest BCUT2D eigenvalue weighted by Crippen LogP contribution is -1.96. The van der Waals surface area contributed by atoms with Gasteiger partial charge in [-0.25, -0.2) is 39.5 Å². The molecule has 0 saturated heterocycles. The number of aromatic carboxylic acids is 2. The van der Waals surface area contributed by atoms with Crippen molar-refractivity contribution in [1.82, 2.24) is 29.9 Å². The van der Waals surface area contributed by atoms with Crippen LogP contribution in [-0.4, -0.2) is 76.5 Å². The number of rotatable bonds is 4. The van der Waals surface area contributed by atoms with Crippen LogP contribution in [0.3, 0.4) is 0 Å². The fourth-order valence-electron chi connectivity index (χ4n) is 6.32. The standard InChI is InChI=1S/3C12H8N2.2C8H8O4/c3*1-2-6-10-9(5-1)13-11-7-3-4-8-12(11)14-10;2*1-12-7-4-5(8(10)11)2-3-6(7)9/h3*1-8H;2*2-4,9H,1H3,(H,10,11). The van der Waals surface area contributed by atoms with Gasteiger partial charge in [0.1, 0.15) is 0 Å². The summed E-state index contributed by atoms with van der Waals surface area (Å²) in [5.41, 5.74) is 11.6. The molecule has 14 heteroatoms. The molecular weight excluding hydrogens is 837 g/mol. The van der Waals surface area contributed by atoms with Crippen LogP contribution in [0.15, 0.2) is 182 Å². The van der Waals surface area contributed by atoms with Gasteiger partial charge in [-0.2, -0.15) is 0 Å². The van der Waals surface area contributed by atoms with Gasteiger partial charge in [-0.1, -0.05) is 72.8 Å². The first kappa shape index (κ1) is 44.7. The number of phenolic OH excluding ortho intramolecular Hbond substituents is 2. The molecule has 14 nitrogen and oxygen atoms in total. The van der Waals surface area contributed by atoms with E-state index in [9.17, 15) is 9.59 Å². The third-order valence-electron chi connectivity index (χ3n) is 9.59. The average Bonchev–Trinajstić information content (AvgIpc) is 3.35. The Morgan fingerprint density at radius 1 is 0.333 bits per heavy atom. The number of para-hydroxylation sites is 12. The minimum absolute atomic E-state index is 0.0671. The SMILES string of the molecule is COc1cc(C(=O)O)ccc1O.COc1cc(C(=O)O)ccc1O.c1ccc2nc3ccccc3nc2c1.c1ccc2nc3ccccc3nc2c1.c1ccc2nc3ccccc3nc2c1. The minimum Gasteiger partial charge on any atom is -0.504 e. The lowest BCUT2D eigenvalue weighted by atomic mass is 10.2. The Morgan fingerprint density at radius 2 is 0.515 bits per heavy atom. The molecule has 0 aliphatic heterocycles. The first-order chi connectivity index (χ1) is 32.1. The Labute approximate surface area is 376 Å². The van der Waals surface area contributed by atoms with E-state index in [2.05, 4.69) is 29.9 Å². The maximum Gasteiger partial charge on any atom is 0.335 e. The number of methoxy groups -OCH3 is 2. The summed E-state index contributed by atoms with van der Waals surface area (Å²) in [4.78, 5) is 48.0. The van der Waals surface area contributed by atoms with Crippen molar-refractivity contribution in [2.45, 2.75) is 0 Å². The molecule has 8 aromatic carbocycles. The van der Waals surface area contributed by atoms with Gasteiger partial charge in [0.2, 0.25) is 0 Å². The predicted octanol–water partition coefficient (Wildman–Crippen LogP) is 10.5. The molecule has 3 aromatic heterocycles. The maximum atomic E-state index is 10.4. The molecule has 11 rings (SSSR count). The Bertz CT molecular complexity index is 2840. The van der Waals surface area contributed by atoms with E-state index < -0.39 is 11.9 Å². The van der Waals surface area contributed by atoms with Gasteiger partial charge in [0.15, 0.2) is 23.0 Å². The monoisotopic (exact) mass is 876 g/mol. The van der Waals surface area contributed by atoms with Crippen LogP contribution in [0, 0.1) is 0 Å². The Kier molecular flexibility index (Phi) is 14.4. The van der Waals surface area contributed by atoms with Crippen LogP contribution in [0.2, 0.25) is 0 Å². The van der Waals surface area contributed by atoms with E-state index in [1.807, 2.05) is 146 Å². The van der Waals surface area contributed by atoms with Crippen LogP contribution in [-0.2, 0) is 0 Å². The van der Waals surface area contributed by atoms with E-state index in [0.29, 0.717) is 0 Å². The molecule has 0 saturated carbocycles. The number of benzene rings is 8. The zero-order valence-corrected chi connectivity index (χ0v) is 35.4. The number of aromatic nitrogens is 6. The van der Waals surface area contributed by atoms with E-state index >= 15 is 0 Å². The van der Waals surface area contributed by atoms with Crippen LogP contribution in [0.5, 0.6) is 23.0 Å². The number of ether oxygens (including phenoxy) is 2. The number of carboxylic acids is 2. The molecule has 0 aliphatic carbocycles. The summed E-state index contributed by atoms with van der Waals surface area (Å²) >= 11 is 0. The lowest BCUT2D eigenvalue weighted by Gasteiger charge is -2.02. The second-order valence-electron chi connectivity index (χ2n) is 14.0. The summed E-state index contributed by atoms with van der Waals surface area (Å²) in [7, 11) is 2.72. The molecule has 0 amide bonds. The van der Waals surface area contributed by atoms with E-state index in [-0.39, 0.29) is 34.1 Å². The van der Waals surface area contributed by atoms with Gasteiger partial charge >= 0.3 is 11.9 Å². The molecule has 0 atom stereocenters. The van der Waals surface area contributed by atoms with Crippen molar-refractivity contribution >= 4 is 78.1 Å². The topological polar surface area (TPSA) is 211 Å². The minimum atomic E-state index is -1.05. The van der Waals surface area contributed by atoms with Crippen LogP contribution >= 0.6 is 0 Å². The second kappa shape index (κ2) is 21.2. The van der Waals surface area contributed by atoms with Gasteiger partial charge in [0.25, 0.3) is 0 Å². The van der Waals surface area contributed by atoms with Gasteiger partial charge in [0, 0.05) is 0 Å². The normalized spacial score (nSPS) is 10.3. The molecule has 0 aliphatic rings. The summed E-state index contributed by atoms with van der Waals surface area (Å²) in [5, 5.41) is 35.3. The largest absolute Gasteiger partial charge is 0.504 e. The molecule has 0 radical (unpaired) electrons. The first-order valence-electron chi connectivity index (χ1n) is 20.2. The summed E-state index contributed by atoms with van der Waals surface area (Å²) in [5.74, 6) is -1.91. The number of aromatic hydroxyl groups is 2. The molecule has 0 spiro atoms. The van der Waals surface area contributed by atoms with E-state index in [0.717, 1.165) is 66.2 Å². The summed E-state index contributed by atoms with van der Waals surface area (Å²) < 4.78 is 9.44. The number of phenols is 2. The van der Waals surface area contributed by atoms with Crippen molar-refractivity contribution in [3.05, 3.63) is 193 Å². The van der Waals surface area contributed by atoms with Crippen LogP contribution in [0.25, 0.3) is 66.2 Å². The fourth-order valence-corrected chi connectivity index (χ4v) is 6.32. The Morgan fingerprint density at radius 3 is 0.667 bits per heavy atom. The van der Waals surface area contributed by atoms with Crippen molar-refractivity contribution in [1.29, 1.82) is 0 Å². The molecule has 0 fully saturated rings. The van der Waals surface area contributed by atoms with Gasteiger partial charge in [0.05, 0.1) is 91.5 Å². The highest BCUT2D eigenvalue weighted by atomic mass is 16.5. The van der Waals surface area contributed by atoms with Gasteiger partial charge in [-0.15, -0.1) is 0 Å². The number of carbonyl (C=O) groups is 2. The molecule has 0 unspecified atom stereocenters. The van der Waals surface area contributed by atoms with E-state index in [4.69, 9.17) is 29.9 Å². The summed E-state index contributed by atoms with van der Waals surface area (Å²) in [6.45, 7) is 0. The third kappa shape index (κ3) is 11.2. The highest BCUT2D eigenvalue weighted by Crippen LogP contribution is 2.27. The fraction of sp³-hybridized carbons (Fsp3) is 0.0385. The highest BCUT2D eigenvalue weighted by Gasteiger charge is 2.08. The van der Waals surface area contributed by atoms with Crippen molar-refractivity contribution in [2.75, 3.05) is 14.2 Å². The smallest absolute Gasteiger partial charge is 0.335 e. The third-order valence-corrected chi connectivity index (χ3v) is 9.59. The summed E-state index contributed by atoms with van der Waals surface area (Å²) in [6, 6.07) is 55.2. The highest BCUT2D eigenvalue weighted by molar-refractivity contribution is 5.90. The molecule has 66 heavy (non-hydrogen) atoms. The number of fused-ring (bicyclic) bond motifs is 6. The average molecular weight is 877 g/mol. The molecule has 0 bridgehead atoms. The van der Waals surface area contributed by atoms with Crippen molar-refractivity contribution in [2.24, 2.45) is 0 Å². The first-order valence-corrected chi connectivity index (χ1v) is 20.2. The Hall–Kier alpha value is -9.30. The molecule has 4 N–H and O–H groups in total. The molecule has 3 heterocycles. The second-order valence-corrected chi connectivity index (χ2v) is 14.0. The van der Waals surface area contributed by atoms with Crippen molar-refractivity contribution in [3.8, 4) is 23.0 Å². The van der Waals surface area contributed by atoms with Crippen LogP contribution in [0.1, 0.15) is 20.7 Å². The van der Waals surface area contributed by atoms with Crippen molar-refractivity contribution < 1.29 is 39.5 Å². The number of nitrogens with zero attached hydrogens (tertiary/aromatic N) is 6. The van der Waals surface area contributed by atoms with Crippen molar-refractivity contribution in [3.63, 3.8) is 0 Å². The van der Waals surface area contributed by atoms with Crippen LogP contribution in [0.4, 0.5) is 0 Å². The zero-order chi connectivity index (χ0) is 46.4. The zero-order valence-electron chi connectivity index (χ0n) is 35.4. The van der Waals surface area contributed by atoms with Gasteiger partial charge in [-0.05, 0) is 109 Å². The van der Waals surface area contributed by atoms with Gasteiger partial charge < -0.3 is 29.9 Å². The quantitative estimate of drug-likeness (QED) is 0.121. The van der Waals surface area contributed by atoms with E-state index in [1.54, 1.807) is 0 Å². The Balaban J connectivity index is 0.000000123. The number of hydrogen-bond donors (Lipinski definition) is 4.